The number of aromatic nitrogens is 2. The molecule has 1 aromatic heterocycles. The minimum atomic E-state index is -0.0834. The molecule has 116 valence electrons. The summed E-state index contributed by atoms with van der Waals surface area (Å²) in [5.74, 6) is 0.747. The molecule has 0 bridgehead atoms. The summed E-state index contributed by atoms with van der Waals surface area (Å²) in [7, 11) is 0. The number of nitrogens with zero attached hydrogens (tertiary/aromatic N) is 2. The third-order valence-electron chi connectivity index (χ3n) is 3.95. The molecule has 0 aromatic carbocycles. The van der Waals surface area contributed by atoms with Crippen molar-refractivity contribution in [2.75, 3.05) is 5.75 Å². The predicted octanol–water partition coefficient (Wildman–Crippen LogP) is 2.07. The second-order valence-corrected chi connectivity index (χ2v) is 6.52. The Balaban J connectivity index is 2.22. The zero-order chi connectivity index (χ0) is 15.6. The molecule has 2 atom stereocenters. The molecule has 21 heavy (non-hydrogen) atoms. The number of amides is 1. The monoisotopic (exact) mass is 309 g/mol. The van der Waals surface area contributed by atoms with Crippen molar-refractivity contribution in [3.63, 3.8) is 0 Å². The van der Waals surface area contributed by atoms with E-state index in [9.17, 15) is 9.59 Å². The second kappa shape index (κ2) is 6.64. The van der Waals surface area contributed by atoms with Gasteiger partial charge >= 0.3 is 0 Å². The van der Waals surface area contributed by atoms with Gasteiger partial charge in [-0.2, -0.15) is 0 Å². The van der Waals surface area contributed by atoms with Gasteiger partial charge in [-0.3, -0.25) is 14.2 Å². The Morgan fingerprint density at radius 2 is 2.24 bits per heavy atom. The molecule has 0 saturated heterocycles. The summed E-state index contributed by atoms with van der Waals surface area (Å²) in [5, 5.41) is 3.71. The summed E-state index contributed by atoms with van der Waals surface area (Å²) in [5.41, 5.74) is 1.59. The highest BCUT2D eigenvalue weighted by Gasteiger charge is 2.29. The molecule has 5 nitrogen and oxygen atoms in total. The van der Waals surface area contributed by atoms with Crippen molar-refractivity contribution in [2.45, 2.75) is 64.2 Å². The maximum atomic E-state index is 12.6. The van der Waals surface area contributed by atoms with Crippen LogP contribution in [0.2, 0.25) is 0 Å². The maximum Gasteiger partial charge on any atom is 0.257 e. The van der Waals surface area contributed by atoms with E-state index in [1.165, 1.54) is 0 Å². The van der Waals surface area contributed by atoms with E-state index in [0.29, 0.717) is 12.8 Å². The van der Waals surface area contributed by atoms with Crippen molar-refractivity contribution < 1.29 is 4.79 Å². The third kappa shape index (κ3) is 3.31. The lowest BCUT2D eigenvalue weighted by molar-refractivity contribution is -0.122. The van der Waals surface area contributed by atoms with Gasteiger partial charge in [-0.1, -0.05) is 25.6 Å². The van der Waals surface area contributed by atoms with Gasteiger partial charge in [0.05, 0.1) is 6.04 Å². The van der Waals surface area contributed by atoms with Crippen LogP contribution in [0.4, 0.5) is 0 Å². The molecule has 1 aliphatic rings. The topological polar surface area (TPSA) is 64.0 Å². The zero-order valence-electron chi connectivity index (χ0n) is 13.1. The fraction of sp³-hybridized carbons (Fsp3) is 0.667. The van der Waals surface area contributed by atoms with Crippen LogP contribution in [-0.4, -0.2) is 27.3 Å². The first-order chi connectivity index (χ1) is 9.97. The smallest absolute Gasteiger partial charge is 0.257 e. The van der Waals surface area contributed by atoms with Crippen LogP contribution in [-0.2, 0) is 11.2 Å². The number of aryl methyl sites for hydroxylation is 1. The van der Waals surface area contributed by atoms with Gasteiger partial charge in [-0.05, 0) is 26.7 Å². The summed E-state index contributed by atoms with van der Waals surface area (Å²) in [6.07, 6.45) is 1.93. The van der Waals surface area contributed by atoms with Crippen molar-refractivity contribution in [3.8, 4) is 0 Å². The Hall–Kier alpha value is -1.30. The van der Waals surface area contributed by atoms with Crippen molar-refractivity contribution in [1.82, 2.24) is 14.9 Å². The second-order valence-electron chi connectivity index (χ2n) is 5.53. The molecule has 6 heteroatoms. The van der Waals surface area contributed by atoms with E-state index < -0.39 is 0 Å². The van der Waals surface area contributed by atoms with E-state index in [-0.39, 0.29) is 23.6 Å². The lowest BCUT2D eigenvalue weighted by Crippen LogP contribution is -2.36. The van der Waals surface area contributed by atoms with Gasteiger partial charge in [0.2, 0.25) is 5.91 Å². The van der Waals surface area contributed by atoms with Crippen LogP contribution in [0.15, 0.2) is 9.95 Å². The van der Waals surface area contributed by atoms with Gasteiger partial charge in [-0.25, -0.2) is 4.98 Å². The molecule has 0 radical (unpaired) electrons. The number of thioether (sulfide) groups is 1. The summed E-state index contributed by atoms with van der Waals surface area (Å²) in [6.45, 7) is 7.87. The molecule has 2 heterocycles. The quantitative estimate of drug-likeness (QED) is 0.846. The average molecular weight is 309 g/mol. The van der Waals surface area contributed by atoms with Crippen LogP contribution in [0.3, 0.4) is 0 Å². The van der Waals surface area contributed by atoms with E-state index in [4.69, 9.17) is 0 Å². The predicted molar refractivity (Wildman–Crippen MR) is 84.9 cm³/mol. The van der Waals surface area contributed by atoms with Crippen molar-refractivity contribution >= 4 is 17.7 Å². The van der Waals surface area contributed by atoms with Crippen LogP contribution in [0.25, 0.3) is 0 Å². The van der Waals surface area contributed by atoms with E-state index in [1.807, 2.05) is 27.7 Å². The highest BCUT2D eigenvalue weighted by molar-refractivity contribution is 7.99. The van der Waals surface area contributed by atoms with Crippen molar-refractivity contribution in [3.05, 3.63) is 21.6 Å². The molecule has 1 aromatic rings. The Morgan fingerprint density at radius 3 is 2.86 bits per heavy atom. The van der Waals surface area contributed by atoms with E-state index >= 15 is 0 Å². The van der Waals surface area contributed by atoms with Gasteiger partial charge in [-0.15, -0.1) is 0 Å². The third-order valence-corrected chi connectivity index (χ3v) is 5.05. The Morgan fingerprint density at radius 1 is 1.52 bits per heavy atom. The molecule has 0 fully saturated rings. The lowest BCUT2D eigenvalue weighted by Gasteiger charge is -2.17. The Labute approximate surface area is 129 Å². The largest absolute Gasteiger partial charge is 0.354 e. The van der Waals surface area contributed by atoms with Crippen LogP contribution >= 0.6 is 11.8 Å². The number of carbonyl (C=O) groups is 1. The Bertz CT molecular complexity index is 597. The average Bonchev–Trinajstić information content (AvgIpc) is 2.81. The molecule has 1 N–H and O–H groups in total. The van der Waals surface area contributed by atoms with Gasteiger partial charge in [0, 0.05) is 29.5 Å². The Kier molecular flexibility index (Phi) is 5.08. The van der Waals surface area contributed by atoms with Gasteiger partial charge in [0.1, 0.15) is 0 Å². The number of nitrogens with one attached hydrogen (secondary N) is 1. The van der Waals surface area contributed by atoms with Gasteiger partial charge < -0.3 is 5.32 Å². The number of hydrogen-bond acceptors (Lipinski definition) is 4. The molecule has 0 spiro atoms. The van der Waals surface area contributed by atoms with Crippen LogP contribution in [0, 0.1) is 6.92 Å². The highest BCUT2D eigenvalue weighted by Crippen LogP contribution is 2.32. The van der Waals surface area contributed by atoms with E-state index in [0.717, 1.165) is 28.6 Å². The number of fused-ring (bicyclic) bond motifs is 1. The standard InChI is InChI=1S/C15H23N3O2S/c1-5-9(3)16-13(19)7-11-8-21-15-17-10(4)12(6-2)14(20)18(11)15/h9,11H,5-8H2,1-4H3,(H,16,19). The molecule has 0 aliphatic carbocycles. The SMILES string of the molecule is CCc1c(C)nc2n(c1=O)C(CC(=O)NC(C)CC)CS2. The van der Waals surface area contributed by atoms with Crippen LogP contribution in [0.1, 0.15) is 50.9 Å². The first-order valence-corrected chi connectivity index (χ1v) is 8.50. The first-order valence-electron chi connectivity index (χ1n) is 7.52. The summed E-state index contributed by atoms with van der Waals surface area (Å²) in [4.78, 5) is 29.1. The fourth-order valence-corrected chi connectivity index (χ4v) is 3.71. The highest BCUT2D eigenvalue weighted by atomic mass is 32.2. The molecule has 1 aliphatic heterocycles. The van der Waals surface area contributed by atoms with E-state index in [1.54, 1.807) is 16.3 Å². The minimum Gasteiger partial charge on any atom is -0.354 e. The zero-order valence-corrected chi connectivity index (χ0v) is 13.9. The van der Waals surface area contributed by atoms with Crippen LogP contribution in [0.5, 0.6) is 0 Å². The van der Waals surface area contributed by atoms with Gasteiger partial charge in [0.25, 0.3) is 5.56 Å². The molecule has 2 rings (SSSR count). The minimum absolute atomic E-state index is 0.00771. The van der Waals surface area contributed by atoms with E-state index in [2.05, 4.69) is 10.3 Å². The molecule has 2 unspecified atom stereocenters. The van der Waals surface area contributed by atoms with Gasteiger partial charge in [0.15, 0.2) is 5.16 Å². The molecular weight excluding hydrogens is 286 g/mol. The number of carbonyl (C=O) groups excluding carboxylic acids is 1. The summed E-state index contributed by atoms with van der Waals surface area (Å²) >= 11 is 1.56. The number of rotatable bonds is 5. The fourth-order valence-electron chi connectivity index (χ4n) is 2.53. The first kappa shape index (κ1) is 16.1. The summed E-state index contributed by atoms with van der Waals surface area (Å²) in [6, 6.07) is 0.0880. The molecule has 1 amide bonds. The molecular formula is C15H23N3O2S. The maximum absolute atomic E-state index is 12.6. The molecule has 0 saturated carbocycles. The lowest BCUT2D eigenvalue weighted by atomic mass is 10.1. The normalized spacial score (nSPS) is 18.4. The number of hydrogen-bond donors (Lipinski definition) is 1. The summed E-state index contributed by atoms with van der Waals surface area (Å²) < 4.78 is 1.71. The van der Waals surface area contributed by atoms with Crippen LogP contribution < -0.4 is 10.9 Å². The van der Waals surface area contributed by atoms with Crippen molar-refractivity contribution in [1.29, 1.82) is 0 Å². The van der Waals surface area contributed by atoms with Crippen molar-refractivity contribution in [2.24, 2.45) is 0 Å².